The molecule has 0 bridgehead atoms. The van der Waals surface area contributed by atoms with E-state index in [1.165, 1.54) is 0 Å². The molecule has 0 aliphatic heterocycles. The Labute approximate surface area is 63.7 Å². The highest BCUT2D eigenvalue weighted by molar-refractivity contribution is 5.55. The molecule has 0 spiro atoms. The van der Waals surface area contributed by atoms with Gasteiger partial charge in [-0.25, -0.2) is 0 Å². The molecule has 1 aromatic carbocycles. The lowest BCUT2D eigenvalue weighted by Crippen LogP contribution is -2.37. The average molecular weight is 154 g/mol. The summed E-state index contributed by atoms with van der Waals surface area (Å²) < 4.78 is 0. The lowest BCUT2D eigenvalue weighted by atomic mass is 10.1. The van der Waals surface area contributed by atoms with Gasteiger partial charge in [0, 0.05) is 18.7 Å². The molecule has 0 heterocycles. The Morgan fingerprint density at radius 3 is 2.45 bits per heavy atom. The highest BCUT2D eigenvalue weighted by Gasteiger charge is 2.14. The standard InChI is InChI=1S/C7H10N2O2/c1-4-5(9-3-2-8)7(11)6(4)10/h9H,2-3,8H2,1H3. The van der Waals surface area contributed by atoms with Crippen molar-refractivity contribution in [3.8, 4) is 0 Å². The van der Waals surface area contributed by atoms with Gasteiger partial charge in [0.25, 0.3) is 0 Å². The molecule has 1 rings (SSSR count). The van der Waals surface area contributed by atoms with E-state index in [9.17, 15) is 9.59 Å². The van der Waals surface area contributed by atoms with Gasteiger partial charge in [-0.15, -0.1) is 0 Å². The zero-order valence-corrected chi connectivity index (χ0v) is 6.31. The molecule has 0 saturated heterocycles. The molecule has 4 nitrogen and oxygen atoms in total. The minimum atomic E-state index is -0.420. The minimum Gasteiger partial charge on any atom is -0.380 e. The van der Waals surface area contributed by atoms with Crippen molar-refractivity contribution in [1.82, 2.24) is 0 Å². The second-order valence-corrected chi connectivity index (χ2v) is 2.37. The summed E-state index contributed by atoms with van der Waals surface area (Å²) in [5.74, 6) is 0. The van der Waals surface area contributed by atoms with Crippen LogP contribution in [0.25, 0.3) is 0 Å². The van der Waals surface area contributed by atoms with Crippen molar-refractivity contribution in [2.75, 3.05) is 18.4 Å². The minimum absolute atomic E-state index is 0.385. The summed E-state index contributed by atoms with van der Waals surface area (Å²) in [6, 6.07) is 0. The van der Waals surface area contributed by atoms with E-state index in [1.807, 2.05) is 0 Å². The van der Waals surface area contributed by atoms with E-state index in [-0.39, 0.29) is 5.43 Å². The highest BCUT2D eigenvalue weighted by atomic mass is 16.2. The number of hydrogen-bond donors (Lipinski definition) is 2. The third-order valence-electron chi connectivity index (χ3n) is 1.59. The molecule has 3 N–H and O–H groups in total. The van der Waals surface area contributed by atoms with Crippen LogP contribution in [0, 0.1) is 6.92 Å². The van der Waals surface area contributed by atoms with Crippen molar-refractivity contribution >= 4 is 5.69 Å². The highest BCUT2D eigenvalue weighted by Crippen LogP contribution is 2.03. The predicted octanol–water partition coefficient (Wildman–Crippen LogP) is -1.04. The normalized spacial score (nSPS) is 10.4. The fourth-order valence-corrected chi connectivity index (χ4v) is 0.915. The van der Waals surface area contributed by atoms with Gasteiger partial charge in [-0.1, -0.05) is 0 Å². The van der Waals surface area contributed by atoms with Crippen LogP contribution in [0.5, 0.6) is 0 Å². The Balaban J connectivity index is 2.75. The summed E-state index contributed by atoms with van der Waals surface area (Å²) >= 11 is 0. The van der Waals surface area contributed by atoms with Gasteiger partial charge in [0.1, 0.15) is 0 Å². The number of anilines is 1. The molecular formula is C7H10N2O2. The zero-order chi connectivity index (χ0) is 8.43. The largest absolute Gasteiger partial charge is 0.380 e. The SMILES string of the molecule is Cc1c(NCCN)c(=O)c1=O. The van der Waals surface area contributed by atoms with E-state index in [0.717, 1.165) is 0 Å². The van der Waals surface area contributed by atoms with E-state index in [2.05, 4.69) is 5.32 Å². The molecule has 1 aromatic rings. The second-order valence-electron chi connectivity index (χ2n) is 2.37. The van der Waals surface area contributed by atoms with Crippen LogP contribution < -0.4 is 21.9 Å². The van der Waals surface area contributed by atoms with Gasteiger partial charge >= 0.3 is 0 Å². The molecule has 0 aliphatic rings. The van der Waals surface area contributed by atoms with Gasteiger partial charge in [0.15, 0.2) is 0 Å². The quantitative estimate of drug-likeness (QED) is 0.545. The van der Waals surface area contributed by atoms with Crippen molar-refractivity contribution < 1.29 is 0 Å². The maximum atomic E-state index is 10.8. The van der Waals surface area contributed by atoms with Crippen LogP contribution >= 0.6 is 0 Å². The summed E-state index contributed by atoms with van der Waals surface area (Å²) in [5, 5.41) is 2.78. The topological polar surface area (TPSA) is 72.2 Å². The van der Waals surface area contributed by atoms with Gasteiger partial charge in [-0.3, -0.25) is 9.59 Å². The summed E-state index contributed by atoms with van der Waals surface area (Å²) in [6.45, 7) is 2.62. The molecule has 11 heavy (non-hydrogen) atoms. The fraction of sp³-hybridized carbons (Fsp3) is 0.429. The third kappa shape index (κ3) is 1.17. The molecule has 0 atom stereocenters. The zero-order valence-electron chi connectivity index (χ0n) is 6.31. The van der Waals surface area contributed by atoms with Crippen molar-refractivity contribution in [1.29, 1.82) is 0 Å². The number of nitrogens with one attached hydrogen (secondary N) is 1. The molecule has 0 fully saturated rings. The Hall–Kier alpha value is -1.16. The van der Waals surface area contributed by atoms with E-state index in [4.69, 9.17) is 5.73 Å². The van der Waals surface area contributed by atoms with Crippen molar-refractivity contribution in [3.63, 3.8) is 0 Å². The van der Waals surface area contributed by atoms with Gasteiger partial charge in [0.2, 0.25) is 10.9 Å². The lowest BCUT2D eigenvalue weighted by molar-refractivity contribution is 1.01. The molecule has 0 amide bonds. The second kappa shape index (κ2) is 2.84. The Morgan fingerprint density at radius 2 is 2.00 bits per heavy atom. The molecule has 60 valence electrons. The predicted molar refractivity (Wildman–Crippen MR) is 43.6 cm³/mol. The summed E-state index contributed by atoms with van der Waals surface area (Å²) in [7, 11) is 0. The molecule has 0 aliphatic carbocycles. The lowest BCUT2D eigenvalue weighted by Gasteiger charge is -2.07. The number of rotatable bonds is 3. The first-order valence-corrected chi connectivity index (χ1v) is 3.42. The average Bonchev–Trinajstić information content (AvgIpc) is 2.04. The van der Waals surface area contributed by atoms with Crippen molar-refractivity contribution in [3.05, 3.63) is 26.0 Å². The molecule has 0 unspecified atom stereocenters. The van der Waals surface area contributed by atoms with Crippen molar-refractivity contribution in [2.45, 2.75) is 6.92 Å². The van der Waals surface area contributed by atoms with Crippen LogP contribution in [0.1, 0.15) is 5.56 Å². The van der Waals surface area contributed by atoms with Crippen LogP contribution in [-0.2, 0) is 0 Å². The molecule has 0 saturated carbocycles. The maximum Gasteiger partial charge on any atom is 0.249 e. The van der Waals surface area contributed by atoms with E-state index < -0.39 is 5.43 Å². The van der Waals surface area contributed by atoms with E-state index >= 15 is 0 Å². The fourth-order valence-electron chi connectivity index (χ4n) is 0.915. The Morgan fingerprint density at radius 1 is 1.36 bits per heavy atom. The van der Waals surface area contributed by atoms with Crippen LogP contribution in [-0.4, -0.2) is 13.1 Å². The first-order valence-electron chi connectivity index (χ1n) is 3.42. The third-order valence-corrected chi connectivity index (χ3v) is 1.59. The molecular weight excluding hydrogens is 144 g/mol. The van der Waals surface area contributed by atoms with Crippen LogP contribution in [0.3, 0.4) is 0 Å². The smallest absolute Gasteiger partial charge is 0.249 e. The summed E-state index contributed by atoms with van der Waals surface area (Å²) in [4.78, 5) is 21.4. The van der Waals surface area contributed by atoms with E-state index in [1.54, 1.807) is 6.92 Å². The summed E-state index contributed by atoms with van der Waals surface area (Å²) in [5.41, 5.74) is 5.34. The first kappa shape index (κ1) is 7.94. The van der Waals surface area contributed by atoms with E-state index in [0.29, 0.717) is 24.3 Å². The van der Waals surface area contributed by atoms with Gasteiger partial charge < -0.3 is 11.1 Å². The molecule has 4 heteroatoms. The maximum absolute atomic E-state index is 10.8. The van der Waals surface area contributed by atoms with Crippen LogP contribution in [0.2, 0.25) is 0 Å². The summed E-state index contributed by atoms with van der Waals surface area (Å²) in [6.07, 6.45) is 0. The van der Waals surface area contributed by atoms with Crippen LogP contribution in [0.15, 0.2) is 9.59 Å². The van der Waals surface area contributed by atoms with Gasteiger partial charge in [-0.05, 0) is 6.92 Å². The number of nitrogens with two attached hydrogens (primary N) is 1. The Kier molecular flexibility index (Phi) is 2.05. The first-order chi connectivity index (χ1) is 5.18. The number of hydrogen-bond acceptors (Lipinski definition) is 4. The van der Waals surface area contributed by atoms with Crippen LogP contribution in [0.4, 0.5) is 5.69 Å². The monoisotopic (exact) mass is 154 g/mol. The molecule has 0 radical (unpaired) electrons. The Bertz CT molecular complexity index is 323. The molecule has 0 aromatic heterocycles. The van der Waals surface area contributed by atoms with Gasteiger partial charge in [0.05, 0.1) is 5.69 Å². The van der Waals surface area contributed by atoms with Gasteiger partial charge in [-0.2, -0.15) is 0 Å². The van der Waals surface area contributed by atoms with Crippen molar-refractivity contribution in [2.24, 2.45) is 5.73 Å².